The van der Waals surface area contributed by atoms with Crippen LogP contribution in [0.5, 0.6) is 5.75 Å². The van der Waals surface area contributed by atoms with Crippen LogP contribution in [-0.2, 0) is 9.47 Å². The van der Waals surface area contributed by atoms with E-state index in [9.17, 15) is 5.11 Å². The highest BCUT2D eigenvalue weighted by Crippen LogP contribution is 2.30. The van der Waals surface area contributed by atoms with Crippen LogP contribution in [0.2, 0.25) is 0 Å². The van der Waals surface area contributed by atoms with E-state index >= 15 is 0 Å². The fourth-order valence-electron chi connectivity index (χ4n) is 1.63. The molecule has 0 atom stereocenters. The molecule has 1 aromatic carbocycles. The summed E-state index contributed by atoms with van der Waals surface area (Å²) >= 11 is 0. The molecule has 88 valence electrons. The van der Waals surface area contributed by atoms with Crippen molar-refractivity contribution < 1.29 is 19.3 Å². The monoisotopic (exact) mass is 224 g/mol. The molecule has 1 saturated heterocycles. The molecule has 0 aromatic heterocycles. The number of ether oxygens (including phenoxy) is 3. The van der Waals surface area contributed by atoms with Crippen molar-refractivity contribution >= 4 is 0 Å². The summed E-state index contributed by atoms with van der Waals surface area (Å²) in [5, 5.41) is 9.27. The van der Waals surface area contributed by atoms with Gasteiger partial charge in [-0.3, -0.25) is 0 Å². The van der Waals surface area contributed by atoms with Gasteiger partial charge in [0.2, 0.25) is 0 Å². The number of rotatable bonds is 3. The highest BCUT2D eigenvalue weighted by atomic mass is 16.7. The molecule has 1 aliphatic heterocycles. The molecule has 0 aliphatic carbocycles. The van der Waals surface area contributed by atoms with Gasteiger partial charge in [-0.25, -0.2) is 0 Å². The van der Waals surface area contributed by atoms with Crippen molar-refractivity contribution in [3.05, 3.63) is 29.8 Å². The van der Waals surface area contributed by atoms with E-state index in [0.717, 1.165) is 11.3 Å². The molecule has 4 heteroatoms. The Balaban J connectivity index is 2.13. The molecule has 16 heavy (non-hydrogen) atoms. The molecule has 1 aromatic rings. The minimum Gasteiger partial charge on any atom is -0.493 e. The molecule has 1 heterocycles. The summed E-state index contributed by atoms with van der Waals surface area (Å²) in [4.78, 5) is 0. The standard InChI is InChI=1S/C12H16O4/c1-2-14-11-6-4-3-5-10(11)12-15-7-9(13)8-16-12/h3-6,9,12-13H,2,7-8H2,1H3. The van der Waals surface area contributed by atoms with E-state index in [0.29, 0.717) is 19.8 Å². The van der Waals surface area contributed by atoms with Crippen molar-refractivity contribution in [3.63, 3.8) is 0 Å². The van der Waals surface area contributed by atoms with Gasteiger partial charge in [-0.1, -0.05) is 18.2 Å². The number of hydrogen-bond acceptors (Lipinski definition) is 4. The van der Waals surface area contributed by atoms with Gasteiger partial charge in [-0.15, -0.1) is 0 Å². The van der Waals surface area contributed by atoms with E-state index in [1.54, 1.807) is 0 Å². The van der Waals surface area contributed by atoms with Crippen LogP contribution in [0.3, 0.4) is 0 Å². The van der Waals surface area contributed by atoms with Gasteiger partial charge in [0.05, 0.1) is 19.8 Å². The molecule has 0 amide bonds. The van der Waals surface area contributed by atoms with Gasteiger partial charge in [-0.2, -0.15) is 0 Å². The molecule has 0 bridgehead atoms. The predicted molar refractivity (Wildman–Crippen MR) is 58.3 cm³/mol. The van der Waals surface area contributed by atoms with Crippen molar-refractivity contribution in [3.8, 4) is 5.75 Å². The Morgan fingerprint density at radius 1 is 1.31 bits per heavy atom. The van der Waals surface area contributed by atoms with Gasteiger partial charge in [0.25, 0.3) is 0 Å². The van der Waals surface area contributed by atoms with Gasteiger partial charge in [0.15, 0.2) is 6.29 Å². The molecule has 0 radical (unpaired) electrons. The van der Waals surface area contributed by atoms with Crippen molar-refractivity contribution in [1.29, 1.82) is 0 Å². The fraction of sp³-hybridized carbons (Fsp3) is 0.500. The molecule has 1 fully saturated rings. The third-order valence-corrected chi connectivity index (χ3v) is 2.35. The second kappa shape index (κ2) is 5.30. The zero-order valence-corrected chi connectivity index (χ0v) is 9.26. The maximum absolute atomic E-state index is 9.27. The lowest BCUT2D eigenvalue weighted by atomic mass is 10.2. The summed E-state index contributed by atoms with van der Waals surface area (Å²) in [6.45, 7) is 3.13. The lowest BCUT2D eigenvalue weighted by molar-refractivity contribution is -0.221. The van der Waals surface area contributed by atoms with Crippen LogP contribution >= 0.6 is 0 Å². The molecule has 2 rings (SSSR count). The summed E-state index contributed by atoms with van der Waals surface area (Å²) in [5.41, 5.74) is 0.872. The SMILES string of the molecule is CCOc1ccccc1C1OCC(O)CO1. The molecular weight excluding hydrogens is 208 g/mol. The Morgan fingerprint density at radius 3 is 2.69 bits per heavy atom. The quantitative estimate of drug-likeness (QED) is 0.845. The summed E-state index contributed by atoms with van der Waals surface area (Å²) in [6.07, 6.45) is -0.971. The number of aliphatic hydroxyl groups is 1. The van der Waals surface area contributed by atoms with E-state index in [1.807, 2.05) is 31.2 Å². The number of benzene rings is 1. The average Bonchev–Trinajstić information content (AvgIpc) is 2.32. The second-order valence-electron chi connectivity index (χ2n) is 3.62. The van der Waals surface area contributed by atoms with E-state index in [2.05, 4.69) is 0 Å². The van der Waals surface area contributed by atoms with E-state index in [1.165, 1.54) is 0 Å². The van der Waals surface area contributed by atoms with Crippen LogP contribution in [0, 0.1) is 0 Å². The molecule has 4 nitrogen and oxygen atoms in total. The Labute approximate surface area is 94.8 Å². The molecular formula is C12H16O4. The maximum atomic E-state index is 9.27. The first-order valence-corrected chi connectivity index (χ1v) is 5.44. The molecule has 1 aliphatic rings. The first-order valence-electron chi connectivity index (χ1n) is 5.44. The van der Waals surface area contributed by atoms with E-state index in [4.69, 9.17) is 14.2 Å². The third-order valence-electron chi connectivity index (χ3n) is 2.35. The maximum Gasteiger partial charge on any atom is 0.187 e. The van der Waals surface area contributed by atoms with Crippen LogP contribution in [-0.4, -0.2) is 31.0 Å². The van der Waals surface area contributed by atoms with Gasteiger partial charge in [0.1, 0.15) is 11.9 Å². The Hall–Kier alpha value is -1.10. The largest absolute Gasteiger partial charge is 0.493 e. The lowest BCUT2D eigenvalue weighted by Crippen LogP contribution is -2.31. The summed E-state index contributed by atoms with van der Waals surface area (Å²) in [5.74, 6) is 0.770. The average molecular weight is 224 g/mol. The highest BCUT2D eigenvalue weighted by molar-refractivity contribution is 5.34. The Kier molecular flexibility index (Phi) is 3.77. The lowest BCUT2D eigenvalue weighted by Gasteiger charge is -2.27. The Morgan fingerprint density at radius 2 is 2.00 bits per heavy atom. The molecule has 0 unspecified atom stereocenters. The van der Waals surface area contributed by atoms with Crippen LogP contribution in [0.15, 0.2) is 24.3 Å². The minimum atomic E-state index is -0.532. The van der Waals surface area contributed by atoms with Crippen molar-refractivity contribution in [2.24, 2.45) is 0 Å². The molecule has 0 saturated carbocycles. The fourth-order valence-corrected chi connectivity index (χ4v) is 1.63. The van der Waals surface area contributed by atoms with Gasteiger partial charge in [0, 0.05) is 5.56 Å². The highest BCUT2D eigenvalue weighted by Gasteiger charge is 2.24. The smallest absolute Gasteiger partial charge is 0.187 e. The van der Waals surface area contributed by atoms with Gasteiger partial charge in [-0.05, 0) is 13.0 Å². The second-order valence-corrected chi connectivity index (χ2v) is 3.62. The number of para-hydroxylation sites is 1. The van der Waals surface area contributed by atoms with Crippen LogP contribution in [0.1, 0.15) is 18.8 Å². The number of aliphatic hydroxyl groups excluding tert-OH is 1. The summed E-state index contributed by atoms with van der Waals surface area (Å²) in [6, 6.07) is 7.62. The first-order chi connectivity index (χ1) is 7.81. The van der Waals surface area contributed by atoms with Crippen molar-refractivity contribution in [2.75, 3.05) is 19.8 Å². The predicted octanol–water partition coefficient (Wildman–Crippen LogP) is 1.49. The van der Waals surface area contributed by atoms with Gasteiger partial charge >= 0.3 is 0 Å². The van der Waals surface area contributed by atoms with Crippen LogP contribution in [0.25, 0.3) is 0 Å². The summed E-state index contributed by atoms with van der Waals surface area (Å²) < 4.78 is 16.3. The first kappa shape index (κ1) is 11.4. The summed E-state index contributed by atoms with van der Waals surface area (Å²) in [7, 11) is 0. The zero-order chi connectivity index (χ0) is 11.4. The third kappa shape index (κ3) is 2.52. The van der Waals surface area contributed by atoms with Crippen molar-refractivity contribution in [2.45, 2.75) is 19.3 Å². The number of hydrogen-bond donors (Lipinski definition) is 1. The van der Waals surface area contributed by atoms with Gasteiger partial charge < -0.3 is 19.3 Å². The molecule has 0 spiro atoms. The molecule has 1 N–H and O–H groups in total. The minimum absolute atomic E-state index is 0.297. The van der Waals surface area contributed by atoms with Crippen LogP contribution in [0.4, 0.5) is 0 Å². The normalized spacial score (nSPS) is 25.4. The zero-order valence-electron chi connectivity index (χ0n) is 9.26. The topological polar surface area (TPSA) is 47.9 Å². The van der Waals surface area contributed by atoms with Crippen LogP contribution < -0.4 is 4.74 Å². The van der Waals surface area contributed by atoms with E-state index in [-0.39, 0.29) is 0 Å². The Bertz CT molecular complexity index is 332. The van der Waals surface area contributed by atoms with E-state index < -0.39 is 12.4 Å². The van der Waals surface area contributed by atoms with Crippen molar-refractivity contribution in [1.82, 2.24) is 0 Å².